The number of nitrogens with two attached hydrogens (primary N) is 1. The molecule has 0 saturated carbocycles. The van der Waals surface area contributed by atoms with Gasteiger partial charge in [-0.15, -0.1) is 10.2 Å². The Labute approximate surface area is 144 Å². The smallest absolute Gasteiger partial charge is 0.205 e. The lowest BCUT2D eigenvalue weighted by Crippen LogP contribution is -2.06. The Hall–Kier alpha value is -3.34. The van der Waals surface area contributed by atoms with Crippen molar-refractivity contribution in [1.29, 1.82) is 5.26 Å². The van der Waals surface area contributed by atoms with Gasteiger partial charge in [0.2, 0.25) is 5.69 Å². The number of ether oxygens (including phenoxy) is 2. The maximum absolute atomic E-state index is 9.10. The van der Waals surface area contributed by atoms with Crippen LogP contribution in [0.1, 0.15) is 24.7 Å². The van der Waals surface area contributed by atoms with Gasteiger partial charge in [-0.25, -0.2) is 0 Å². The molecule has 0 fully saturated rings. The number of hydrogen-bond donors (Lipinski definition) is 1. The third-order valence-electron chi connectivity index (χ3n) is 3.91. The Bertz CT molecular complexity index is 973. The van der Waals surface area contributed by atoms with Gasteiger partial charge >= 0.3 is 0 Å². The predicted molar refractivity (Wildman–Crippen MR) is 92.4 cm³/mol. The van der Waals surface area contributed by atoms with Crippen LogP contribution in [0.3, 0.4) is 0 Å². The molecule has 128 valence electrons. The highest BCUT2D eigenvalue weighted by Gasteiger charge is 2.20. The van der Waals surface area contributed by atoms with Crippen LogP contribution in [0.2, 0.25) is 0 Å². The molecule has 0 aliphatic heterocycles. The molecule has 8 nitrogen and oxygen atoms in total. The van der Waals surface area contributed by atoms with Crippen LogP contribution >= 0.6 is 0 Å². The van der Waals surface area contributed by atoms with Gasteiger partial charge in [-0.2, -0.15) is 14.9 Å². The first-order chi connectivity index (χ1) is 12.1. The summed E-state index contributed by atoms with van der Waals surface area (Å²) >= 11 is 0. The quantitative estimate of drug-likeness (QED) is 0.759. The van der Waals surface area contributed by atoms with Crippen molar-refractivity contribution in [2.75, 3.05) is 20.0 Å². The van der Waals surface area contributed by atoms with E-state index in [1.54, 1.807) is 14.2 Å². The first-order valence-corrected chi connectivity index (χ1v) is 7.80. The van der Waals surface area contributed by atoms with E-state index in [4.69, 9.17) is 20.5 Å². The van der Waals surface area contributed by atoms with E-state index in [0.717, 1.165) is 29.7 Å². The van der Waals surface area contributed by atoms with Crippen molar-refractivity contribution in [3.63, 3.8) is 0 Å². The topological polar surface area (TPSA) is 111 Å². The third kappa shape index (κ3) is 2.70. The van der Waals surface area contributed by atoms with Crippen molar-refractivity contribution in [3.05, 3.63) is 29.6 Å². The zero-order valence-electron chi connectivity index (χ0n) is 14.3. The van der Waals surface area contributed by atoms with E-state index in [0.29, 0.717) is 17.1 Å². The molecular weight excluding hydrogens is 320 g/mol. The van der Waals surface area contributed by atoms with E-state index in [9.17, 15) is 0 Å². The van der Waals surface area contributed by atoms with Crippen LogP contribution in [0.5, 0.6) is 11.5 Å². The monoisotopic (exact) mass is 338 g/mol. The summed E-state index contributed by atoms with van der Waals surface area (Å²) < 4.78 is 12.2. The first kappa shape index (κ1) is 16.5. The molecule has 0 spiro atoms. The lowest BCUT2D eigenvalue weighted by atomic mass is 10.0. The van der Waals surface area contributed by atoms with E-state index in [1.807, 2.05) is 24.3 Å². The summed E-state index contributed by atoms with van der Waals surface area (Å²) in [5, 5.41) is 21.7. The molecule has 0 aliphatic rings. The van der Waals surface area contributed by atoms with Crippen molar-refractivity contribution >= 4 is 11.5 Å². The van der Waals surface area contributed by atoms with Gasteiger partial charge in [0.05, 0.1) is 25.5 Å². The molecule has 0 atom stereocenters. The fraction of sp³-hybridized carbons (Fsp3) is 0.294. The minimum atomic E-state index is 0.0527. The van der Waals surface area contributed by atoms with E-state index >= 15 is 0 Å². The highest BCUT2D eigenvalue weighted by molar-refractivity contribution is 5.82. The number of nitrogens with zero attached hydrogens (tertiary/aromatic N) is 5. The standard InChI is InChI=1S/C17H18N6O2/c1-4-5-11-15(10-6-7-13(24-2)14(8-10)25-3)17-21-20-12(9-18)16(19)23(17)22-11/h6-8H,4-5,19H2,1-3H3. The van der Waals surface area contributed by atoms with Crippen molar-refractivity contribution in [2.45, 2.75) is 19.8 Å². The number of aryl methyl sites for hydroxylation is 1. The normalized spacial score (nSPS) is 10.6. The Kier molecular flexibility index (Phi) is 4.39. The second-order valence-corrected chi connectivity index (χ2v) is 5.42. The number of nitrogen functional groups attached to an aromatic ring is 1. The number of nitriles is 1. The third-order valence-corrected chi connectivity index (χ3v) is 3.91. The van der Waals surface area contributed by atoms with Gasteiger partial charge < -0.3 is 15.2 Å². The minimum absolute atomic E-state index is 0.0527. The first-order valence-electron chi connectivity index (χ1n) is 7.80. The number of benzene rings is 1. The fourth-order valence-electron chi connectivity index (χ4n) is 2.74. The summed E-state index contributed by atoms with van der Waals surface area (Å²) in [5.74, 6) is 1.42. The molecule has 0 bridgehead atoms. The lowest BCUT2D eigenvalue weighted by Gasteiger charge is -2.09. The zero-order chi connectivity index (χ0) is 18.0. The molecule has 0 amide bonds. The number of anilines is 1. The van der Waals surface area contributed by atoms with Crippen molar-refractivity contribution in [1.82, 2.24) is 19.8 Å². The molecule has 2 N–H and O–H groups in total. The summed E-state index contributed by atoms with van der Waals surface area (Å²) in [6.07, 6.45) is 1.65. The molecule has 2 heterocycles. The van der Waals surface area contributed by atoms with Crippen molar-refractivity contribution in [2.24, 2.45) is 0 Å². The number of hydrogen-bond acceptors (Lipinski definition) is 7. The summed E-state index contributed by atoms with van der Waals surface area (Å²) in [4.78, 5) is 0. The Morgan fingerprint density at radius 2 is 1.96 bits per heavy atom. The molecule has 0 aliphatic carbocycles. The van der Waals surface area contributed by atoms with E-state index < -0.39 is 0 Å². The number of methoxy groups -OCH3 is 2. The highest BCUT2D eigenvalue weighted by atomic mass is 16.5. The summed E-state index contributed by atoms with van der Waals surface area (Å²) in [7, 11) is 3.17. The van der Waals surface area contributed by atoms with Crippen LogP contribution in [-0.2, 0) is 6.42 Å². The average molecular weight is 338 g/mol. The Balaban J connectivity index is 2.29. The van der Waals surface area contributed by atoms with Gasteiger partial charge in [0.15, 0.2) is 23.0 Å². The largest absolute Gasteiger partial charge is 0.493 e. The summed E-state index contributed by atoms with van der Waals surface area (Å²) in [6, 6.07) is 7.53. The minimum Gasteiger partial charge on any atom is -0.493 e. The average Bonchev–Trinajstić information content (AvgIpc) is 3.01. The van der Waals surface area contributed by atoms with Gasteiger partial charge in [0.25, 0.3) is 0 Å². The summed E-state index contributed by atoms with van der Waals surface area (Å²) in [5.41, 5.74) is 9.11. The molecule has 0 unspecified atom stereocenters. The SMILES string of the molecule is CCCc1nn2c(N)c(C#N)nnc2c1-c1ccc(OC)c(OC)c1. The van der Waals surface area contributed by atoms with Crippen LogP contribution in [0.15, 0.2) is 18.2 Å². The lowest BCUT2D eigenvalue weighted by molar-refractivity contribution is 0.355. The van der Waals surface area contributed by atoms with Gasteiger partial charge in [-0.3, -0.25) is 0 Å². The van der Waals surface area contributed by atoms with Crippen molar-refractivity contribution < 1.29 is 9.47 Å². The van der Waals surface area contributed by atoms with E-state index in [1.165, 1.54) is 4.52 Å². The van der Waals surface area contributed by atoms with Crippen LogP contribution in [0.25, 0.3) is 16.8 Å². The molecular formula is C17H18N6O2. The molecule has 0 radical (unpaired) electrons. The van der Waals surface area contributed by atoms with Crippen LogP contribution in [0.4, 0.5) is 5.82 Å². The molecule has 1 aromatic carbocycles. The van der Waals surface area contributed by atoms with Gasteiger partial charge in [0, 0.05) is 0 Å². The zero-order valence-corrected chi connectivity index (χ0v) is 14.3. The second-order valence-electron chi connectivity index (χ2n) is 5.42. The van der Waals surface area contributed by atoms with Crippen LogP contribution < -0.4 is 15.2 Å². The van der Waals surface area contributed by atoms with Gasteiger partial charge in [-0.1, -0.05) is 19.4 Å². The predicted octanol–water partition coefficient (Wildman–Crippen LogP) is 2.21. The molecule has 0 saturated heterocycles. The number of rotatable bonds is 5. The van der Waals surface area contributed by atoms with Crippen LogP contribution in [0, 0.1) is 11.3 Å². The van der Waals surface area contributed by atoms with Crippen molar-refractivity contribution in [3.8, 4) is 28.7 Å². The summed E-state index contributed by atoms with van der Waals surface area (Å²) in [6.45, 7) is 2.07. The maximum atomic E-state index is 9.10. The molecule has 8 heteroatoms. The van der Waals surface area contributed by atoms with E-state index in [-0.39, 0.29) is 11.5 Å². The Morgan fingerprint density at radius 1 is 1.20 bits per heavy atom. The molecule has 25 heavy (non-hydrogen) atoms. The molecule has 3 rings (SSSR count). The highest BCUT2D eigenvalue weighted by Crippen LogP contribution is 2.36. The Morgan fingerprint density at radius 3 is 2.60 bits per heavy atom. The molecule has 3 aromatic rings. The molecule has 2 aromatic heterocycles. The van der Waals surface area contributed by atoms with E-state index in [2.05, 4.69) is 22.2 Å². The number of fused-ring (bicyclic) bond motifs is 1. The van der Waals surface area contributed by atoms with Gasteiger partial charge in [-0.05, 0) is 24.1 Å². The fourth-order valence-corrected chi connectivity index (χ4v) is 2.74. The van der Waals surface area contributed by atoms with Gasteiger partial charge in [0.1, 0.15) is 6.07 Å². The van der Waals surface area contributed by atoms with Crippen LogP contribution in [-0.4, -0.2) is 34.0 Å². The maximum Gasteiger partial charge on any atom is 0.205 e. The second kappa shape index (κ2) is 6.65. The number of aromatic nitrogens is 4.